The van der Waals surface area contributed by atoms with E-state index in [1.807, 2.05) is 13.8 Å². The number of hydrogen-bond acceptors (Lipinski definition) is 3. The Bertz CT molecular complexity index is 346. The van der Waals surface area contributed by atoms with Crippen molar-refractivity contribution in [3.05, 3.63) is 11.6 Å². The molecule has 5 atom stereocenters. The highest BCUT2D eigenvalue weighted by molar-refractivity contribution is 5.74. The zero-order valence-corrected chi connectivity index (χ0v) is 11.6. The van der Waals surface area contributed by atoms with Gasteiger partial charge in [0.2, 0.25) is 0 Å². The van der Waals surface area contributed by atoms with Gasteiger partial charge in [0.25, 0.3) is 0 Å². The molecule has 0 aromatic carbocycles. The summed E-state index contributed by atoms with van der Waals surface area (Å²) in [4.78, 5) is 11.6. The Balaban J connectivity index is 2.03. The molecule has 0 spiro atoms. The van der Waals surface area contributed by atoms with Crippen LogP contribution in [0.4, 0.5) is 0 Å². The van der Waals surface area contributed by atoms with Crippen molar-refractivity contribution in [2.45, 2.75) is 58.7 Å². The molecular formula is C15H24O3. The zero-order valence-electron chi connectivity index (χ0n) is 11.6. The summed E-state index contributed by atoms with van der Waals surface area (Å²) in [6.07, 6.45) is 5.81. The normalized spacial score (nSPS) is 37.6. The van der Waals surface area contributed by atoms with Crippen molar-refractivity contribution >= 4 is 5.97 Å². The van der Waals surface area contributed by atoms with Gasteiger partial charge in [-0.3, -0.25) is 4.79 Å². The third-order valence-electron chi connectivity index (χ3n) is 4.48. The zero-order chi connectivity index (χ0) is 13.3. The molecule has 0 unspecified atom stereocenters. The number of hydrogen-bond donors (Lipinski definition) is 1. The molecule has 1 aliphatic carbocycles. The summed E-state index contributed by atoms with van der Waals surface area (Å²) in [6, 6.07) is 0. The minimum absolute atomic E-state index is 0.0296. The summed E-state index contributed by atoms with van der Waals surface area (Å²) in [5.74, 6) is 0.813. The van der Waals surface area contributed by atoms with E-state index in [2.05, 4.69) is 13.0 Å². The van der Waals surface area contributed by atoms with E-state index < -0.39 is 0 Å². The van der Waals surface area contributed by atoms with E-state index in [0.29, 0.717) is 11.8 Å². The van der Waals surface area contributed by atoms with E-state index in [1.54, 1.807) is 0 Å². The van der Waals surface area contributed by atoms with Crippen molar-refractivity contribution in [2.24, 2.45) is 17.8 Å². The van der Waals surface area contributed by atoms with Crippen molar-refractivity contribution in [3.63, 3.8) is 0 Å². The molecule has 18 heavy (non-hydrogen) atoms. The van der Waals surface area contributed by atoms with E-state index in [-0.39, 0.29) is 24.1 Å². The third kappa shape index (κ3) is 2.77. The molecule has 1 fully saturated rings. The number of fused-ring (bicyclic) bond motifs is 1. The largest absolute Gasteiger partial charge is 0.462 e. The molecule has 3 nitrogen and oxygen atoms in total. The molecule has 0 radical (unpaired) electrons. The highest BCUT2D eigenvalue weighted by atomic mass is 16.6. The van der Waals surface area contributed by atoms with Crippen LogP contribution in [0.2, 0.25) is 0 Å². The first-order valence-electron chi connectivity index (χ1n) is 7.06. The van der Waals surface area contributed by atoms with Crippen LogP contribution in [0, 0.1) is 17.8 Å². The molecule has 102 valence electrons. The van der Waals surface area contributed by atoms with Gasteiger partial charge in [0.05, 0.1) is 12.0 Å². The van der Waals surface area contributed by atoms with Crippen LogP contribution < -0.4 is 0 Å². The van der Waals surface area contributed by atoms with Crippen molar-refractivity contribution in [2.75, 3.05) is 0 Å². The maximum Gasteiger partial charge on any atom is 0.309 e. The molecule has 0 aromatic rings. The smallest absolute Gasteiger partial charge is 0.309 e. The maximum atomic E-state index is 11.6. The summed E-state index contributed by atoms with van der Waals surface area (Å²) in [6.45, 7) is 6.01. The van der Waals surface area contributed by atoms with Crippen molar-refractivity contribution in [1.82, 2.24) is 0 Å². The van der Waals surface area contributed by atoms with Crippen molar-refractivity contribution in [1.29, 1.82) is 0 Å². The van der Waals surface area contributed by atoms with Gasteiger partial charge in [-0.1, -0.05) is 25.5 Å². The Kier molecular flexibility index (Phi) is 4.10. The van der Waals surface area contributed by atoms with E-state index >= 15 is 0 Å². The second-order valence-electron chi connectivity index (χ2n) is 5.97. The number of carbonyl (C=O) groups excluding carboxylic acids is 1. The summed E-state index contributed by atoms with van der Waals surface area (Å²) in [7, 11) is 0. The first-order valence-corrected chi connectivity index (χ1v) is 7.06. The summed E-state index contributed by atoms with van der Waals surface area (Å²) in [5.41, 5.74) is 1.42. The van der Waals surface area contributed by atoms with Gasteiger partial charge in [-0.15, -0.1) is 0 Å². The lowest BCUT2D eigenvalue weighted by atomic mass is 9.87. The fourth-order valence-electron chi connectivity index (χ4n) is 3.13. The van der Waals surface area contributed by atoms with E-state index in [9.17, 15) is 9.90 Å². The average molecular weight is 252 g/mol. The van der Waals surface area contributed by atoms with E-state index in [0.717, 1.165) is 25.7 Å². The molecule has 0 bridgehead atoms. The van der Waals surface area contributed by atoms with Crippen LogP contribution in [0.15, 0.2) is 11.6 Å². The molecule has 0 amide bonds. The van der Waals surface area contributed by atoms with Gasteiger partial charge < -0.3 is 9.84 Å². The first kappa shape index (κ1) is 13.6. The lowest BCUT2D eigenvalue weighted by molar-refractivity contribution is -0.144. The van der Waals surface area contributed by atoms with Gasteiger partial charge in [-0.25, -0.2) is 0 Å². The van der Waals surface area contributed by atoms with Crippen LogP contribution in [0.1, 0.15) is 46.5 Å². The average Bonchev–Trinajstić information content (AvgIpc) is 2.46. The van der Waals surface area contributed by atoms with Gasteiger partial charge in [0, 0.05) is 5.92 Å². The Labute approximate surface area is 109 Å². The molecule has 3 heteroatoms. The fourth-order valence-corrected chi connectivity index (χ4v) is 3.13. The lowest BCUT2D eigenvalue weighted by Crippen LogP contribution is -2.19. The molecule has 1 aliphatic heterocycles. The number of rotatable bonds is 3. The van der Waals surface area contributed by atoms with Gasteiger partial charge in [-0.05, 0) is 38.5 Å². The number of aliphatic hydroxyl groups excluding tert-OH is 1. The molecular weight excluding hydrogens is 228 g/mol. The number of carbonyl (C=O) groups is 1. The van der Waals surface area contributed by atoms with E-state index in [4.69, 9.17) is 4.74 Å². The number of aliphatic hydroxyl groups is 1. The summed E-state index contributed by atoms with van der Waals surface area (Å²) in [5, 5.41) is 9.38. The maximum absolute atomic E-state index is 11.6. The van der Waals surface area contributed by atoms with Crippen LogP contribution in [0.3, 0.4) is 0 Å². The number of esters is 1. The van der Waals surface area contributed by atoms with Gasteiger partial charge in [0.1, 0.15) is 6.10 Å². The Morgan fingerprint density at radius 3 is 2.89 bits per heavy atom. The predicted octanol–water partition coefficient (Wildman–Crippen LogP) is 2.68. The topological polar surface area (TPSA) is 46.5 Å². The minimum atomic E-state index is -0.238. The van der Waals surface area contributed by atoms with Crippen LogP contribution in [0.5, 0.6) is 0 Å². The van der Waals surface area contributed by atoms with Crippen LogP contribution in [-0.2, 0) is 9.53 Å². The fraction of sp³-hybridized carbons (Fsp3) is 0.800. The van der Waals surface area contributed by atoms with Gasteiger partial charge >= 0.3 is 5.97 Å². The predicted molar refractivity (Wildman–Crippen MR) is 69.9 cm³/mol. The standard InChI is InChI=1S/C15H24O3/c1-9-8-14-13(11(3)15(17)18-14)7-6-12(9)5-4-10(2)16/h6,9-11,13-14,16H,4-5,7-8H2,1-3H3/t9-,10-,11-,13+,14+/m0/s1. The third-order valence-corrected chi connectivity index (χ3v) is 4.48. The number of allylic oxidation sites excluding steroid dienone is 2. The van der Waals surface area contributed by atoms with Gasteiger partial charge in [0.15, 0.2) is 0 Å². The Morgan fingerprint density at radius 2 is 2.22 bits per heavy atom. The van der Waals surface area contributed by atoms with Crippen LogP contribution >= 0.6 is 0 Å². The molecule has 1 saturated heterocycles. The van der Waals surface area contributed by atoms with Gasteiger partial charge in [-0.2, -0.15) is 0 Å². The molecule has 1 N–H and O–H groups in total. The highest BCUT2D eigenvalue weighted by Gasteiger charge is 2.42. The first-order chi connectivity index (χ1) is 8.49. The summed E-state index contributed by atoms with van der Waals surface area (Å²) < 4.78 is 5.48. The molecule has 1 heterocycles. The minimum Gasteiger partial charge on any atom is -0.462 e. The van der Waals surface area contributed by atoms with Crippen LogP contribution in [-0.4, -0.2) is 23.3 Å². The molecule has 0 aromatic heterocycles. The van der Waals surface area contributed by atoms with Crippen molar-refractivity contribution < 1.29 is 14.6 Å². The SMILES string of the molecule is C[C@H](O)CCC1=CC[C@@H]2[C@H](C)C(=O)O[C@@H]2C[C@@H]1C. The lowest BCUT2D eigenvalue weighted by Gasteiger charge is -2.19. The molecule has 2 rings (SSSR count). The van der Waals surface area contributed by atoms with E-state index in [1.165, 1.54) is 5.57 Å². The number of ether oxygens (including phenoxy) is 1. The summed E-state index contributed by atoms with van der Waals surface area (Å²) >= 11 is 0. The van der Waals surface area contributed by atoms with Crippen LogP contribution in [0.25, 0.3) is 0 Å². The Hall–Kier alpha value is -0.830. The molecule has 0 saturated carbocycles. The van der Waals surface area contributed by atoms with Crippen molar-refractivity contribution in [3.8, 4) is 0 Å². The quantitative estimate of drug-likeness (QED) is 0.620. The Morgan fingerprint density at radius 1 is 1.50 bits per heavy atom. The second-order valence-corrected chi connectivity index (χ2v) is 5.97. The highest BCUT2D eigenvalue weighted by Crippen LogP contribution is 2.39. The second kappa shape index (κ2) is 5.43. The monoisotopic (exact) mass is 252 g/mol. The molecule has 2 aliphatic rings.